The number of anilines is 1. The Morgan fingerprint density at radius 2 is 1.68 bits per heavy atom. The third-order valence-electron chi connectivity index (χ3n) is 3.79. The van der Waals surface area contributed by atoms with E-state index in [0.29, 0.717) is 17.5 Å². The molecule has 25 heavy (non-hydrogen) atoms. The average Bonchev–Trinajstić information content (AvgIpc) is 3.08. The summed E-state index contributed by atoms with van der Waals surface area (Å²) in [6.07, 6.45) is 0.338. The Kier molecular flexibility index (Phi) is 5.85. The van der Waals surface area contributed by atoms with Crippen LogP contribution in [0.25, 0.3) is 0 Å². The molecule has 1 amide bonds. The van der Waals surface area contributed by atoms with Crippen molar-refractivity contribution in [2.24, 2.45) is 0 Å². The second-order valence-corrected chi connectivity index (χ2v) is 6.76. The number of aromatic nitrogens is 3. The van der Waals surface area contributed by atoms with Crippen LogP contribution in [0.5, 0.6) is 0 Å². The number of hydrogen-bond donors (Lipinski definition) is 2. The zero-order valence-corrected chi connectivity index (χ0v) is 14.8. The van der Waals surface area contributed by atoms with Gasteiger partial charge >= 0.3 is 0 Å². The molecule has 0 fully saturated rings. The highest BCUT2D eigenvalue weighted by Gasteiger charge is 2.19. The lowest BCUT2D eigenvalue weighted by molar-refractivity contribution is -0.116. The minimum absolute atomic E-state index is 0.00481. The number of hydrogen-bond acceptors (Lipinski definition) is 4. The van der Waals surface area contributed by atoms with Gasteiger partial charge in [-0.15, -0.1) is 5.10 Å². The van der Waals surface area contributed by atoms with Gasteiger partial charge in [0.15, 0.2) is 0 Å². The minimum atomic E-state index is -0.0955. The number of benzene rings is 2. The van der Waals surface area contributed by atoms with Crippen molar-refractivity contribution < 1.29 is 4.79 Å². The van der Waals surface area contributed by atoms with Crippen LogP contribution in [0.15, 0.2) is 65.8 Å². The fourth-order valence-electron chi connectivity index (χ4n) is 2.66. The highest BCUT2D eigenvalue weighted by molar-refractivity contribution is 7.99. The number of rotatable bonds is 7. The van der Waals surface area contributed by atoms with Crippen LogP contribution in [0.2, 0.25) is 0 Å². The van der Waals surface area contributed by atoms with E-state index in [-0.39, 0.29) is 11.8 Å². The van der Waals surface area contributed by atoms with Crippen LogP contribution < -0.4 is 5.32 Å². The van der Waals surface area contributed by atoms with Gasteiger partial charge in [0.1, 0.15) is 0 Å². The molecule has 128 valence electrons. The predicted octanol–water partition coefficient (Wildman–Crippen LogP) is 4.08. The largest absolute Gasteiger partial charge is 0.295 e. The van der Waals surface area contributed by atoms with Gasteiger partial charge in [0, 0.05) is 12.3 Å². The summed E-state index contributed by atoms with van der Waals surface area (Å²) in [6.45, 7) is 2.03. The number of nitrogens with zero attached hydrogens (tertiary/aromatic N) is 2. The van der Waals surface area contributed by atoms with Crippen LogP contribution in [0, 0.1) is 0 Å². The van der Waals surface area contributed by atoms with Crippen LogP contribution in [-0.4, -0.2) is 26.8 Å². The molecule has 3 aromatic rings. The van der Waals surface area contributed by atoms with E-state index >= 15 is 0 Å². The van der Waals surface area contributed by atoms with Crippen molar-refractivity contribution >= 4 is 23.6 Å². The number of aromatic amines is 1. The average molecular weight is 352 g/mol. The molecule has 5 nitrogen and oxygen atoms in total. The fourth-order valence-corrected chi connectivity index (χ4v) is 3.19. The van der Waals surface area contributed by atoms with Gasteiger partial charge in [0.25, 0.3) is 0 Å². The highest BCUT2D eigenvalue weighted by Crippen LogP contribution is 2.28. The van der Waals surface area contributed by atoms with Crippen LogP contribution >= 0.6 is 11.8 Å². The Labute approximate surface area is 151 Å². The van der Waals surface area contributed by atoms with E-state index in [0.717, 1.165) is 16.9 Å². The van der Waals surface area contributed by atoms with E-state index < -0.39 is 0 Å². The van der Waals surface area contributed by atoms with E-state index in [1.165, 1.54) is 11.8 Å². The van der Waals surface area contributed by atoms with Gasteiger partial charge in [-0.3, -0.25) is 10.1 Å². The molecular formula is C19H20N4OS. The molecule has 0 aliphatic carbocycles. The normalized spacial score (nSPS) is 10.8. The topological polar surface area (TPSA) is 70.7 Å². The van der Waals surface area contributed by atoms with Gasteiger partial charge in [-0.1, -0.05) is 79.3 Å². The molecule has 0 spiro atoms. The van der Waals surface area contributed by atoms with E-state index in [1.807, 2.05) is 43.3 Å². The number of H-pyrrole nitrogens is 1. The Morgan fingerprint density at radius 3 is 2.24 bits per heavy atom. The van der Waals surface area contributed by atoms with Crippen molar-refractivity contribution in [3.05, 3.63) is 71.8 Å². The standard InChI is InChI=1S/C19H20N4OS/c1-2-25-19-21-18(22-23-19)20-17(24)13-16(14-9-5-3-6-10-14)15-11-7-4-8-12-15/h3-12,16H,2,13H2,1H3,(H2,20,21,22,23,24). The first-order valence-corrected chi connectivity index (χ1v) is 9.19. The van der Waals surface area contributed by atoms with E-state index in [4.69, 9.17) is 0 Å². The second kappa shape index (κ2) is 8.48. The molecule has 2 N–H and O–H groups in total. The molecule has 0 aliphatic heterocycles. The summed E-state index contributed by atoms with van der Waals surface area (Å²) in [7, 11) is 0. The first kappa shape index (κ1) is 17.2. The summed E-state index contributed by atoms with van der Waals surface area (Å²) in [5, 5.41) is 10.3. The molecular weight excluding hydrogens is 332 g/mol. The molecule has 0 radical (unpaired) electrons. The van der Waals surface area contributed by atoms with Crippen molar-refractivity contribution in [3.63, 3.8) is 0 Å². The predicted molar refractivity (Wildman–Crippen MR) is 101 cm³/mol. The quantitative estimate of drug-likeness (QED) is 0.629. The van der Waals surface area contributed by atoms with Crippen molar-refractivity contribution in [1.29, 1.82) is 0 Å². The maximum absolute atomic E-state index is 12.5. The Hall–Kier alpha value is -2.60. The fraction of sp³-hybridized carbons (Fsp3) is 0.211. The zero-order valence-electron chi connectivity index (χ0n) is 14.0. The number of carbonyl (C=O) groups is 1. The molecule has 1 heterocycles. The molecule has 0 aliphatic rings. The van der Waals surface area contributed by atoms with Gasteiger partial charge < -0.3 is 0 Å². The first-order chi connectivity index (χ1) is 12.3. The number of nitrogens with one attached hydrogen (secondary N) is 2. The summed E-state index contributed by atoms with van der Waals surface area (Å²) < 4.78 is 0. The summed E-state index contributed by atoms with van der Waals surface area (Å²) in [5.41, 5.74) is 2.23. The Bertz CT molecular complexity index is 765. The molecule has 1 aromatic heterocycles. The maximum Gasteiger partial charge on any atom is 0.227 e. The van der Waals surface area contributed by atoms with Crippen LogP contribution in [0.1, 0.15) is 30.4 Å². The number of thioether (sulfide) groups is 1. The third-order valence-corrected chi connectivity index (χ3v) is 4.52. The lowest BCUT2D eigenvalue weighted by atomic mass is 9.88. The monoisotopic (exact) mass is 352 g/mol. The summed E-state index contributed by atoms with van der Waals surface area (Å²) >= 11 is 1.53. The number of carbonyl (C=O) groups excluding carboxylic acids is 1. The van der Waals surface area contributed by atoms with E-state index in [1.54, 1.807) is 0 Å². The molecule has 6 heteroatoms. The van der Waals surface area contributed by atoms with Gasteiger partial charge in [0.05, 0.1) is 0 Å². The molecule has 0 atom stereocenters. The lowest BCUT2D eigenvalue weighted by Gasteiger charge is -2.17. The van der Waals surface area contributed by atoms with Gasteiger partial charge in [-0.25, -0.2) is 5.10 Å². The molecule has 0 bridgehead atoms. The van der Waals surface area contributed by atoms with Gasteiger partial charge in [-0.2, -0.15) is 4.98 Å². The summed E-state index contributed by atoms with van der Waals surface area (Å²) in [5.74, 6) is 1.17. The van der Waals surface area contributed by atoms with Crippen molar-refractivity contribution in [2.45, 2.75) is 24.4 Å². The smallest absolute Gasteiger partial charge is 0.227 e. The number of amides is 1. The van der Waals surface area contributed by atoms with E-state index in [2.05, 4.69) is 44.8 Å². The summed E-state index contributed by atoms with van der Waals surface area (Å²) in [6, 6.07) is 20.1. The molecule has 0 saturated carbocycles. The molecule has 2 aromatic carbocycles. The summed E-state index contributed by atoms with van der Waals surface area (Å²) in [4.78, 5) is 16.8. The Morgan fingerprint density at radius 1 is 1.08 bits per heavy atom. The van der Waals surface area contributed by atoms with Gasteiger partial charge in [0.2, 0.25) is 17.0 Å². The van der Waals surface area contributed by atoms with E-state index in [9.17, 15) is 4.79 Å². The van der Waals surface area contributed by atoms with Crippen LogP contribution in [0.4, 0.5) is 5.95 Å². The minimum Gasteiger partial charge on any atom is -0.295 e. The third kappa shape index (κ3) is 4.70. The SMILES string of the molecule is CCSc1n[nH]c(NC(=O)CC(c2ccccc2)c2ccccc2)n1. The lowest BCUT2D eigenvalue weighted by Crippen LogP contribution is -2.17. The highest BCUT2D eigenvalue weighted by atomic mass is 32.2. The van der Waals surface area contributed by atoms with Gasteiger partial charge in [-0.05, 0) is 16.9 Å². The van der Waals surface area contributed by atoms with Crippen molar-refractivity contribution in [2.75, 3.05) is 11.1 Å². The van der Waals surface area contributed by atoms with Crippen molar-refractivity contribution in [1.82, 2.24) is 15.2 Å². The second-order valence-electron chi connectivity index (χ2n) is 5.53. The van der Waals surface area contributed by atoms with Crippen LogP contribution in [0.3, 0.4) is 0 Å². The molecule has 3 rings (SSSR count). The van der Waals surface area contributed by atoms with Crippen LogP contribution in [-0.2, 0) is 4.79 Å². The van der Waals surface area contributed by atoms with Crippen molar-refractivity contribution in [3.8, 4) is 0 Å². The molecule has 0 unspecified atom stereocenters. The molecule has 0 saturated heterocycles. The maximum atomic E-state index is 12.5. The first-order valence-electron chi connectivity index (χ1n) is 8.21. The zero-order chi connectivity index (χ0) is 17.5. The Balaban J connectivity index is 1.74.